The van der Waals surface area contributed by atoms with Crippen molar-refractivity contribution in [3.63, 3.8) is 0 Å². The van der Waals surface area contributed by atoms with Crippen molar-refractivity contribution in [3.05, 3.63) is 50.8 Å². The van der Waals surface area contributed by atoms with Gasteiger partial charge in [-0.2, -0.15) is 0 Å². The van der Waals surface area contributed by atoms with E-state index in [1.165, 1.54) is 18.4 Å². The van der Waals surface area contributed by atoms with Gasteiger partial charge in [-0.25, -0.2) is 0 Å². The molecular formula is C14H10Br2Cl2O2S. The van der Waals surface area contributed by atoms with Gasteiger partial charge in [0.1, 0.15) is 0 Å². The van der Waals surface area contributed by atoms with Crippen molar-refractivity contribution in [1.29, 1.82) is 0 Å². The Morgan fingerprint density at radius 3 is 2.43 bits per heavy atom. The molecule has 2 atom stereocenters. The van der Waals surface area contributed by atoms with Gasteiger partial charge in [0.15, 0.2) is 10.8 Å². The number of hydrogen-bond acceptors (Lipinski definition) is 3. The first-order valence-electron chi connectivity index (χ1n) is 5.85. The quantitative estimate of drug-likeness (QED) is 0.385. The third-order valence-corrected chi connectivity index (χ3v) is 7.00. The molecule has 0 radical (unpaired) electrons. The van der Waals surface area contributed by atoms with Crippen molar-refractivity contribution in [2.45, 2.75) is 9.65 Å². The summed E-state index contributed by atoms with van der Waals surface area (Å²) in [5.74, 6) is -0.0909. The number of rotatable bonds is 5. The second-order valence-electron chi connectivity index (χ2n) is 4.18. The van der Waals surface area contributed by atoms with Gasteiger partial charge < -0.3 is 4.74 Å². The van der Waals surface area contributed by atoms with Crippen LogP contribution in [0.25, 0.3) is 0 Å². The number of carbonyl (C=O) groups excluding carboxylic acids is 1. The molecule has 0 aliphatic carbocycles. The van der Waals surface area contributed by atoms with Gasteiger partial charge in [-0.05, 0) is 23.8 Å². The lowest BCUT2D eigenvalue weighted by molar-refractivity contribution is 0.0989. The van der Waals surface area contributed by atoms with E-state index in [2.05, 4.69) is 31.9 Å². The summed E-state index contributed by atoms with van der Waals surface area (Å²) in [4.78, 5) is 11.9. The lowest BCUT2D eigenvalue weighted by Crippen LogP contribution is -2.19. The molecule has 112 valence electrons. The lowest BCUT2D eigenvalue weighted by atomic mass is 10.0. The molecule has 1 aromatic carbocycles. The Balaban J connectivity index is 2.23. The third-order valence-electron chi connectivity index (χ3n) is 2.81. The number of halogens is 4. The maximum Gasteiger partial charge on any atom is 0.185 e. The minimum Gasteiger partial charge on any atom is -0.487 e. The molecule has 0 aliphatic heterocycles. The number of ketones is 1. The van der Waals surface area contributed by atoms with E-state index in [0.29, 0.717) is 20.0 Å². The maximum atomic E-state index is 12.6. The van der Waals surface area contributed by atoms with Crippen LogP contribution in [0.5, 0.6) is 5.06 Å². The largest absolute Gasteiger partial charge is 0.487 e. The Hall–Kier alpha value is -0.0700. The van der Waals surface area contributed by atoms with Crippen LogP contribution in [-0.2, 0) is 0 Å². The highest BCUT2D eigenvalue weighted by molar-refractivity contribution is 9.12. The van der Waals surface area contributed by atoms with Gasteiger partial charge in [-0.15, -0.1) is 0 Å². The molecule has 0 amide bonds. The van der Waals surface area contributed by atoms with E-state index in [4.69, 9.17) is 27.9 Å². The summed E-state index contributed by atoms with van der Waals surface area (Å²) in [5, 5.41) is 1.17. The zero-order chi connectivity index (χ0) is 15.6. The van der Waals surface area contributed by atoms with Gasteiger partial charge in [0, 0.05) is 5.02 Å². The minimum absolute atomic E-state index is 0.0909. The van der Waals surface area contributed by atoms with E-state index in [1.807, 2.05) is 12.1 Å². The van der Waals surface area contributed by atoms with Gasteiger partial charge >= 0.3 is 0 Å². The Labute approximate surface area is 153 Å². The van der Waals surface area contributed by atoms with Crippen LogP contribution in [0.3, 0.4) is 0 Å². The minimum atomic E-state index is -0.446. The van der Waals surface area contributed by atoms with Crippen LogP contribution >= 0.6 is 66.4 Å². The fourth-order valence-corrected chi connectivity index (χ4v) is 4.01. The molecule has 1 aromatic heterocycles. The highest BCUT2D eigenvalue weighted by atomic mass is 79.9. The zero-order valence-electron chi connectivity index (χ0n) is 10.8. The summed E-state index contributed by atoms with van der Waals surface area (Å²) in [6.07, 6.45) is 0. The fraction of sp³-hybridized carbons (Fsp3) is 0.214. The topological polar surface area (TPSA) is 26.3 Å². The van der Waals surface area contributed by atoms with E-state index in [9.17, 15) is 4.79 Å². The number of alkyl halides is 2. The third kappa shape index (κ3) is 4.02. The molecule has 7 heteroatoms. The van der Waals surface area contributed by atoms with Crippen molar-refractivity contribution in [2.24, 2.45) is 0 Å². The number of benzene rings is 1. The molecule has 0 bridgehead atoms. The Kier molecular flexibility index (Phi) is 6.15. The van der Waals surface area contributed by atoms with Crippen molar-refractivity contribution < 1.29 is 9.53 Å². The summed E-state index contributed by atoms with van der Waals surface area (Å²) < 4.78 is 5.72. The van der Waals surface area contributed by atoms with Gasteiger partial charge in [-0.3, -0.25) is 4.79 Å². The second-order valence-corrected chi connectivity index (χ2v) is 8.23. The molecule has 0 fully saturated rings. The average molecular weight is 473 g/mol. The monoisotopic (exact) mass is 470 g/mol. The first-order chi connectivity index (χ1) is 9.93. The standard InChI is InChI=1S/C14H10Br2Cl2O2S/c1-20-14-9(6-10(18)21-14)13(19)12(16)11(15)7-2-4-8(17)5-3-7/h2-6,11-12H,1H3. The number of Topliss-reactive ketones (excluding diaryl/α,β-unsaturated/α-hetero) is 1. The Morgan fingerprint density at radius 2 is 1.86 bits per heavy atom. The SMILES string of the molecule is COc1sc(Cl)cc1C(=O)C(Br)C(Br)c1ccc(Cl)cc1. The number of thiophene rings is 1. The van der Waals surface area contributed by atoms with Crippen LogP contribution in [0.1, 0.15) is 20.7 Å². The molecule has 2 unspecified atom stereocenters. The molecule has 2 nitrogen and oxygen atoms in total. The van der Waals surface area contributed by atoms with E-state index in [1.54, 1.807) is 18.2 Å². The van der Waals surface area contributed by atoms with Crippen molar-refractivity contribution in [1.82, 2.24) is 0 Å². The highest BCUT2D eigenvalue weighted by Gasteiger charge is 2.29. The molecule has 0 saturated carbocycles. The predicted octanol–water partition coefficient (Wildman–Crippen LogP) is 6.15. The summed E-state index contributed by atoms with van der Waals surface area (Å²) in [5.41, 5.74) is 1.43. The van der Waals surface area contributed by atoms with E-state index in [0.717, 1.165) is 5.56 Å². The average Bonchev–Trinajstić information content (AvgIpc) is 2.86. The fourth-order valence-electron chi connectivity index (χ4n) is 1.77. The first kappa shape index (κ1) is 17.3. The van der Waals surface area contributed by atoms with Gasteiger partial charge in [0.05, 0.1) is 26.7 Å². The van der Waals surface area contributed by atoms with E-state index >= 15 is 0 Å². The number of ether oxygens (including phenoxy) is 1. The van der Waals surface area contributed by atoms with Crippen molar-refractivity contribution in [2.75, 3.05) is 7.11 Å². The second kappa shape index (κ2) is 7.47. The number of methoxy groups -OCH3 is 1. The molecule has 0 N–H and O–H groups in total. The van der Waals surface area contributed by atoms with Crippen LogP contribution in [-0.4, -0.2) is 17.7 Å². The van der Waals surface area contributed by atoms with Crippen LogP contribution in [0.4, 0.5) is 0 Å². The number of carbonyl (C=O) groups is 1. The predicted molar refractivity (Wildman–Crippen MR) is 96.0 cm³/mol. The summed E-state index contributed by atoms with van der Waals surface area (Å²) in [6.45, 7) is 0. The normalized spacial score (nSPS) is 13.8. The first-order valence-corrected chi connectivity index (χ1v) is 9.25. The van der Waals surface area contributed by atoms with Gasteiger partial charge in [0.2, 0.25) is 0 Å². The summed E-state index contributed by atoms with van der Waals surface area (Å²) >= 11 is 20.1. The molecule has 0 spiro atoms. The number of hydrogen-bond donors (Lipinski definition) is 0. The van der Waals surface area contributed by atoms with Crippen LogP contribution in [0, 0.1) is 0 Å². The molecular weight excluding hydrogens is 463 g/mol. The lowest BCUT2D eigenvalue weighted by Gasteiger charge is -2.16. The van der Waals surface area contributed by atoms with Crippen LogP contribution < -0.4 is 4.74 Å². The van der Waals surface area contributed by atoms with E-state index < -0.39 is 4.83 Å². The highest BCUT2D eigenvalue weighted by Crippen LogP contribution is 2.39. The molecule has 2 aromatic rings. The summed E-state index contributed by atoms with van der Waals surface area (Å²) in [6, 6.07) is 8.96. The van der Waals surface area contributed by atoms with Gasteiger partial charge in [0.25, 0.3) is 0 Å². The molecule has 0 saturated heterocycles. The molecule has 2 rings (SSSR count). The van der Waals surface area contributed by atoms with Crippen molar-refractivity contribution in [3.8, 4) is 5.06 Å². The van der Waals surface area contributed by atoms with Crippen LogP contribution in [0.15, 0.2) is 30.3 Å². The zero-order valence-corrected chi connectivity index (χ0v) is 16.3. The maximum absolute atomic E-state index is 12.6. The smallest absolute Gasteiger partial charge is 0.185 e. The molecule has 1 heterocycles. The molecule has 21 heavy (non-hydrogen) atoms. The Morgan fingerprint density at radius 1 is 1.24 bits per heavy atom. The van der Waals surface area contributed by atoms with Crippen molar-refractivity contribution >= 4 is 72.2 Å². The Bertz CT molecular complexity index is 643. The van der Waals surface area contributed by atoms with Gasteiger partial charge in [-0.1, -0.05) is 78.5 Å². The van der Waals surface area contributed by atoms with E-state index in [-0.39, 0.29) is 10.6 Å². The van der Waals surface area contributed by atoms with Crippen LogP contribution in [0.2, 0.25) is 9.36 Å². The molecule has 0 aliphatic rings. The summed E-state index contributed by atoms with van der Waals surface area (Å²) in [7, 11) is 1.52.